The highest BCUT2D eigenvalue weighted by Crippen LogP contribution is 2.43. The van der Waals surface area contributed by atoms with Crippen molar-refractivity contribution in [2.45, 2.75) is 25.2 Å². The van der Waals surface area contributed by atoms with E-state index in [0.717, 1.165) is 31.5 Å². The van der Waals surface area contributed by atoms with E-state index in [2.05, 4.69) is 127 Å². The number of fused-ring (bicyclic) bond motifs is 3. The standard InChI is InChI=1S/C39H34N2S/c40-36-21-7-4-16-31(36)30(29-15-10-14-28(26-29)27-12-2-1-3-13-27)24-25-41-37-22-8-5-17-32(37)34-19-11-20-35-33-18-6-9-23-38(33)42-39(34)35/h1-5,7-17,19-23,26,30,41H,6,18,24-25,40H2. The highest BCUT2D eigenvalue weighted by Gasteiger charge is 2.19. The van der Waals surface area contributed by atoms with Gasteiger partial charge in [0.2, 0.25) is 0 Å². The Morgan fingerprint density at radius 1 is 0.738 bits per heavy atom. The molecule has 0 radical (unpaired) electrons. The first kappa shape index (κ1) is 26.3. The molecule has 2 nitrogen and oxygen atoms in total. The summed E-state index contributed by atoms with van der Waals surface area (Å²) in [5.41, 5.74) is 17.6. The summed E-state index contributed by atoms with van der Waals surface area (Å²) in [6, 6.07) is 43.4. The minimum absolute atomic E-state index is 0.175. The highest BCUT2D eigenvalue weighted by molar-refractivity contribution is 7.20. The molecule has 3 N–H and O–H groups in total. The average molecular weight is 563 g/mol. The molecule has 1 aliphatic carbocycles. The number of thiophene rings is 1. The number of hydrogen-bond acceptors (Lipinski definition) is 3. The highest BCUT2D eigenvalue weighted by atomic mass is 32.1. The second-order valence-electron chi connectivity index (χ2n) is 11.0. The van der Waals surface area contributed by atoms with E-state index in [1.165, 1.54) is 59.6 Å². The molecule has 42 heavy (non-hydrogen) atoms. The summed E-state index contributed by atoms with van der Waals surface area (Å²) in [5, 5.41) is 5.23. The monoisotopic (exact) mass is 562 g/mol. The number of anilines is 2. The Morgan fingerprint density at radius 2 is 1.50 bits per heavy atom. The number of para-hydroxylation sites is 2. The van der Waals surface area contributed by atoms with Crippen LogP contribution in [-0.4, -0.2) is 6.54 Å². The van der Waals surface area contributed by atoms with Crippen molar-refractivity contribution in [3.8, 4) is 22.3 Å². The number of rotatable bonds is 8. The van der Waals surface area contributed by atoms with Gasteiger partial charge in [-0.3, -0.25) is 0 Å². The molecule has 206 valence electrons. The molecule has 1 unspecified atom stereocenters. The van der Waals surface area contributed by atoms with Crippen molar-refractivity contribution in [2.75, 3.05) is 17.6 Å². The zero-order valence-corrected chi connectivity index (χ0v) is 24.4. The number of benzene rings is 5. The lowest BCUT2D eigenvalue weighted by Crippen LogP contribution is -2.11. The third-order valence-corrected chi connectivity index (χ3v) is 9.66. The Kier molecular flexibility index (Phi) is 7.34. The number of hydrogen-bond donors (Lipinski definition) is 2. The topological polar surface area (TPSA) is 38.0 Å². The summed E-state index contributed by atoms with van der Waals surface area (Å²) in [4.78, 5) is 1.41. The zero-order valence-electron chi connectivity index (χ0n) is 23.6. The van der Waals surface area contributed by atoms with Gasteiger partial charge in [0.05, 0.1) is 0 Å². The van der Waals surface area contributed by atoms with Gasteiger partial charge in [0.15, 0.2) is 0 Å². The van der Waals surface area contributed by atoms with E-state index < -0.39 is 0 Å². The van der Waals surface area contributed by atoms with Gasteiger partial charge in [0, 0.05) is 44.5 Å². The molecule has 6 aromatic rings. The van der Waals surface area contributed by atoms with Crippen LogP contribution in [0.3, 0.4) is 0 Å². The first-order valence-corrected chi connectivity index (χ1v) is 15.6. The van der Waals surface area contributed by atoms with Gasteiger partial charge >= 0.3 is 0 Å². The second kappa shape index (κ2) is 11.7. The lowest BCUT2D eigenvalue weighted by Gasteiger charge is -2.22. The van der Waals surface area contributed by atoms with Crippen LogP contribution in [0.1, 0.15) is 40.3 Å². The average Bonchev–Trinajstić information content (AvgIpc) is 3.43. The molecule has 1 heterocycles. The fraction of sp³-hybridized carbons (Fsp3) is 0.128. The molecule has 5 aromatic carbocycles. The van der Waals surface area contributed by atoms with Crippen LogP contribution in [-0.2, 0) is 6.42 Å². The first-order valence-electron chi connectivity index (χ1n) is 14.8. The molecule has 7 rings (SSSR count). The van der Waals surface area contributed by atoms with E-state index in [1.54, 1.807) is 0 Å². The molecule has 0 spiro atoms. The number of allylic oxidation sites excluding steroid dienone is 1. The predicted molar refractivity (Wildman–Crippen MR) is 182 cm³/mol. The predicted octanol–water partition coefficient (Wildman–Crippen LogP) is 10.4. The molecule has 0 bridgehead atoms. The van der Waals surface area contributed by atoms with Crippen LogP contribution in [0, 0.1) is 0 Å². The summed E-state index contributed by atoms with van der Waals surface area (Å²) < 4.78 is 1.39. The Morgan fingerprint density at radius 3 is 2.40 bits per heavy atom. The number of nitrogens with two attached hydrogens (primary N) is 1. The molecule has 1 atom stereocenters. The van der Waals surface area contributed by atoms with Crippen LogP contribution in [0.5, 0.6) is 0 Å². The molecule has 0 amide bonds. The van der Waals surface area contributed by atoms with Gasteiger partial charge in [-0.2, -0.15) is 0 Å². The minimum Gasteiger partial charge on any atom is -0.398 e. The maximum Gasteiger partial charge on any atom is 0.0431 e. The number of nitrogens with one attached hydrogen (secondary N) is 1. The Hall–Kier alpha value is -4.60. The summed E-state index contributed by atoms with van der Waals surface area (Å²) in [6.45, 7) is 0.825. The van der Waals surface area contributed by atoms with Crippen molar-refractivity contribution >= 4 is 38.9 Å². The SMILES string of the molecule is Nc1ccccc1C(CCNc1ccccc1-c1cccc2c3c(sc12)C=CCC3)c1cccc(-c2ccccc2)c1. The van der Waals surface area contributed by atoms with Crippen LogP contribution < -0.4 is 11.1 Å². The summed E-state index contributed by atoms with van der Waals surface area (Å²) in [7, 11) is 0. The molecule has 0 fully saturated rings. The van der Waals surface area contributed by atoms with Crippen LogP contribution in [0.25, 0.3) is 38.4 Å². The third-order valence-electron chi connectivity index (χ3n) is 8.41. The van der Waals surface area contributed by atoms with Crippen molar-refractivity contribution in [1.29, 1.82) is 0 Å². The smallest absolute Gasteiger partial charge is 0.0431 e. The largest absolute Gasteiger partial charge is 0.398 e. The maximum absolute atomic E-state index is 6.56. The fourth-order valence-electron chi connectivity index (χ4n) is 6.33. The van der Waals surface area contributed by atoms with Gasteiger partial charge in [0.25, 0.3) is 0 Å². The zero-order chi connectivity index (χ0) is 28.3. The molecule has 1 aromatic heterocycles. The van der Waals surface area contributed by atoms with Crippen molar-refractivity contribution in [3.63, 3.8) is 0 Å². The van der Waals surface area contributed by atoms with E-state index in [0.29, 0.717) is 0 Å². The van der Waals surface area contributed by atoms with Crippen molar-refractivity contribution < 1.29 is 0 Å². The molecular formula is C39H34N2S. The first-order chi connectivity index (χ1) is 20.8. The van der Waals surface area contributed by atoms with E-state index >= 15 is 0 Å². The Balaban J connectivity index is 1.19. The van der Waals surface area contributed by atoms with Gasteiger partial charge in [-0.1, -0.05) is 115 Å². The van der Waals surface area contributed by atoms with Gasteiger partial charge in [-0.25, -0.2) is 0 Å². The third kappa shape index (κ3) is 5.13. The van der Waals surface area contributed by atoms with Crippen LogP contribution in [0.2, 0.25) is 0 Å². The Labute approximate surface area is 252 Å². The molecule has 1 aliphatic rings. The lowest BCUT2D eigenvalue weighted by atomic mass is 9.86. The quantitative estimate of drug-likeness (QED) is 0.181. The normalized spacial score (nSPS) is 13.1. The fourth-order valence-corrected chi connectivity index (χ4v) is 7.64. The molecule has 3 heteroatoms. The second-order valence-corrected chi connectivity index (χ2v) is 12.1. The minimum atomic E-state index is 0.175. The van der Waals surface area contributed by atoms with Gasteiger partial charge < -0.3 is 11.1 Å². The number of aryl methyl sites for hydroxylation is 1. The van der Waals surface area contributed by atoms with E-state index in [9.17, 15) is 0 Å². The van der Waals surface area contributed by atoms with Crippen LogP contribution >= 0.6 is 11.3 Å². The van der Waals surface area contributed by atoms with Gasteiger partial charge in [-0.15, -0.1) is 11.3 Å². The van der Waals surface area contributed by atoms with E-state index in [4.69, 9.17) is 5.73 Å². The Bertz CT molecular complexity index is 1880. The van der Waals surface area contributed by atoms with Crippen molar-refractivity contribution in [1.82, 2.24) is 0 Å². The lowest BCUT2D eigenvalue weighted by molar-refractivity contribution is 0.747. The number of nitrogen functional groups attached to an aromatic ring is 1. The van der Waals surface area contributed by atoms with Crippen molar-refractivity contribution in [2.24, 2.45) is 0 Å². The summed E-state index contributed by atoms with van der Waals surface area (Å²) in [5.74, 6) is 0.175. The van der Waals surface area contributed by atoms with Crippen molar-refractivity contribution in [3.05, 3.63) is 149 Å². The van der Waals surface area contributed by atoms with E-state index in [1.807, 2.05) is 23.5 Å². The summed E-state index contributed by atoms with van der Waals surface area (Å²) >= 11 is 1.93. The molecule has 0 saturated heterocycles. The molecule has 0 aliphatic heterocycles. The van der Waals surface area contributed by atoms with Crippen LogP contribution in [0.15, 0.2) is 127 Å². The van der Waals surface area contributed by atoms with Gasteiger partial charge in [-0.05, 0) is 70.7 Å². The van der Waals surface area contributed by atoms with E-state index in [-0.39, 0.29) is 5.92 Å². The van der Waals surface area contributed by atoms with Gasteiger partial charge in [0.1, 0.15) is 0 Å². The summed E-state index contributed by atoms with van der Waals surface area (Å²) in [6.07, 6.45) is 7.79. The van der Waals surface area contributed by atoms with Crippen LogP contribution in [0.4, 0.5) is 11.4 Å². The maximum atomic E-state index is 6.56. The molecular weight excluding hydrogens is 529 g/mol. The molecule has 0 saturated carbocycles.